The van der Waals surface area contributed by atoms with Crippen LogP contribution in [0, 0.1) is 6.92 Å². The van der Waals surface area contributed by atoms with Gasteiger partial charge in [0, 0.05) is 37.2 Å². The summed E-state index contributed by atoms with van der Waals surface area (Å²) in [4.78, 5) is 27.6. The number of ether oxygens (including phenoxy) is 3. The van der Waals surface area contributed by atoms with Crippen molar-refractivity contribution in [2.24, 2.45) is 0 Å². The largest absolute Gasteiger partial charge is 0.467 e. The number of likely N-dealkylation sites (tertiary alicyclic amines) is 1. The molecule has 180 valence electrons. The summed E-state index contributed by atoms with van der Waals surface area (Å²) in [5.74, 6) is 1.42. The van der Waals surface area contributed by atoms with Gasteiger partial charge in [0.2, 0.25) is 0 Å². The van der Waals surface area contributed by atoms with E-state index in [9.17, 15) is 9.59 Å². The number of carbonyl (C=O) groups is 1. The third-order valence-electron chi connectivity index (χ3n) is 6.40. The number of hydrogen-bond acceptors (Lipinski definition) is 6. The van der Waals surface area contributed by atoms with E-state index in [1.165, 1.54) is 0 Å². The third-order valence-corrected chi connectivity index (χ3v) is 6.40. The Kier molecular flexibility index (Phi) is 7.53. The molecule has 4 rings (SSSR count). The molecule has 1 aromatic heterocycles. The van der Waals surface area contributed by atoms with E-state index in [1.54, 1.807) is 24.1 Å². The third kappa shape index (κ3) is 4.94. The van der Waals surface area contributed by atoms with Crippen LogP contribution in [-0.2, 0) is 22.5 Å². The molecule has 0 unspecified atom stereocenters. The van der Waals surface area contributed by atoms with Gasteiger partial charge in [-0.1, -0.05) is 37.3 Å². The van der Waals surface area contributed by atoms with E-state index >= 15 is 0 Å². The molecule has 0 saturated carbocycles. The van der Waals surface area contributed by atoms with Gasteiger partial charge in [0.15, 0.2) is 12.2 Å². The summed E-state index contributed by atoms with van der Waals surface area (Å²) in [6.45, 7) is 5.34. The Morgan fingerprint density at radius 1 is 1.12 bits per heavy atom. The highest BCUT2D eigenvalue weighted by Gasteiger charge is 2.29. The van der Waals surface area contributed by atoms with Gasteiger partial charge in [-0.3, -0.25) is 4.79 Å². The van der Waals surface area contributed by atoms with Crippen molar-refractivity contribution in [3.63, 3.8) is 0 Å². The minimum atomic E-state index is -0.311. The molecule has 7 heteroatoms. The highest BCUT2D eigenvalue weighted by Crippen LogP contribution is 2.34. The van der Waals surface area contributed by atoms with E-state index in [4.69, 9.17) is 18.6 Å². The molecule has 7 nitrogen and oxygen atoms in total. The molecular formula is C27H31NO6. The summed E-state index contributed by atoms with van der Waals surface area (Å²) in [7, 11) is 1.56. The van der Waals surface area contributed by atoms with Crippen molar-refractivity contribution in [1.82, 2.24) is 4.90 Å². The first-order valence-corrected chi connectivity index (χ1v) is 11.7. The van der Waals surface area contributed by atoms with E-state index < -0.39 is 0 Å². The van der Waals surface area contributed by atoms with E-state index in [0.29, 0.717) is 54.6 Å². The number of amides is 1. The van der Waals surface area contributed by atoms with E-state index in [1.807, 2.05) is 44.2 Å². The monoisotopic (exact) mass is 465 g/mol. The zero-order valence-electron chi connectivity index (χ0n) is 20.0. The molecular weight excluding hydrogens is 434 g/mol. The zero-order valence-corrected chi connectivity index (χ0v) is 20.0. The predicted octanol–water partition coefficient (Wildman–Crippen LogP) is 5.16. The fourth-order valence-corrected chi connectivity index (χ4v) is 4.51. The first-order valence-electron chi connectivity index (χ1n) is 11.7. The number of benzene rings is 2. The van der Waals surface area contributed by atoms with E-state index in [0.717, 1.165) is 16.9 Å². The van der Waals surface area contributed by atoms with Crippen LogP contribution in [0.1, 0.15) is 48.1 Å². The van der Waals surface area contributed by atoms with Gasteiger partial charge >= 0.3 is 6.09 Å². The van der Waals surface area contributed by atoms with E-state index in [-0.39, 0.29) is 30.8 Å². The number of nitrogens with zero attached hydrogens (tertiary/aromatic N) is 1. The number of hydrogen-bond donors (Lipinski definition) is 0. The van der Waals surface area contributed by atoms with Crippen molar-refractivity contribution in [3.8, 4) is 5.75 Å². The normalized spacial score (nSPS) is 14.4. The van der Waals surface area contributed by atoms with Crippen LogP contribution >= 0.6 is 0 Å². The second kappa shape index (κ2) is 10.7. The molecule has 2 aromatic carbocycles. The molecule has 3 aromatic rings. The van der Waals surface area contributed by atoms with Gasteiger partial charge in [-0.25, -0.2) is 4.79 Å². The molecule has 0 atom stereocenters. The summed E-state index contributed by atoms with van der Waals surface area (Å²) in [6.07, 6.45) is 1.70. The zero-order chi connectivity index (χ0) is 24.1. The maximum Gasteiger partial charge on any atom is 0.410 e. The Bertz CT molecular complexity index is 1200. The van der Waals surface area contributed by atoms with Crippen molar-refractivity contribution in [1.29, 1.82) is 0 Å². The Balaban J connectivity index is 1.51. The average Bonchev–Trinajstić information content (AvgIpc) is 2.87. The van der Waals surface area contributed by atoms with Gasteiger partial charge in [-0.15, -0.1) is 0 Å². The average molecular weight is 466 g/mol. The fourth-order valence-electron chi connectivity index (χ4n) is 4.51. The van der Waals surface area contributed by atoms with Gasteiger partial charge in [0.25, 0.3) is 0 Å². The molecule has 1 fully saturated rings. The minimum absolute atomic E-state index is 0.00448. The Hall–Kier alpha value is -3.32. The lowest BCUT2D eigenvalue weighted by Gasteiger charge is -2.31. The summed E-state index contributed by atoms with van der Waals surface area (Å²) >= 11 is 0. The molecule has 1 aliphatic rings. The molecule has 1 aliphatic heterocycles. The van der Waals surface area contributed by atoms with Crippen molar-refractivity contribution in [2.45, 2.75) is 45.6 Å². The Morgan fingerprint density at radius 2 is 1.85 bits per heavy atom. The summed E-state index contributed by atoms with van der Waals surface area (Å²) in [5.41, 5.74) is 3.00. The van der Waals surface area contributed by atoms with Crippen LogP contribution in [0.3, 0.4) is 0 Å². The Labute approximate surface area is 199 Å². The number of piperidine rings is 1. The highest BCUT2D eigenvalue weighted by molar-refractivity contribution is 5.82. The van der Waals surface area contributed by atoms with Crippen molar-refractivity contribution >= 4 is 17.1 Å². The standard InChI is InChI=1S/C27H31NO6/c1-4-21-24(29)22-10-11-23(33-17-31-3)18(2)25(22)34-26(21)20-12-14-28(15-13-20)27(30)32-16-19-8-6-5-7-9-19/h5-11,20H,4,12-17H2,1-3H3. The molecule has 0 aliphatic carbocycles. The molecule has 0 bridgehead atoms. The summed E-state index contributed by atoms with van der Waals surface area (Å²) in [6, 6.07) is 13.2. The second-order valence-corrected chi connectivity index (χ2v) is 8.55. The summed E-state index contributed by atoms with van der Waals surface area (Å²) in [5, 5.41) is 0.560. The Morgan fingerprint density at radius 3 is 2.53 bits per heavy atom. The maximum absolute atomic E-state index is 13.3. The molecule has 0 radical (unpaired) electrons. The highest BCUT2D eigenvalue weighted by atomic mass is 16.7. The molecule has 1 amide bonds. The second-order valence-electron chi connectivity index (χ2n) is 8.55. The lowest BCUT2D eigenvalue weighted by molar-refractivity contribution is 0.0507. The number of aryl methyl sites for hydroxylation is 1. The quantitative estimate of drug-likeness (QED) is 0.449. The van der Waals surface area contributed by atoms with Gasteiger partial charge in [-0.2, -0.15) is 0 Å². The van der Waals surface area contributed by atoms with Gasteiger partial charge in [0.05, 0.1) is 5.39 Å². The molecule has 2 heterocycles. The first-order chi connectivity index (χ1) is 16.5. The van der Waals surface area contributed by atoms with Crippen LogP contribution in [0.5, 0.6) is 5.75 Å². The van der Waals surface area contributed by atoms with Crippen molar-refractivity contribution in [3.05, 3.63) is 75.1 Å². The lowest BCUT2D eigenvalue weighted by Crippen LogP contribution is -2.38. The minimum Gasteiger partial charge on any atom is -0.467 e. The van der Waals surface area contributed by atoms with Crippen LogP contribution in [-0.4, -0.2) is 38.0 Å². The number of rotatable bonds is 7. The fraction of sp³-hybridized carbons (Fsp3) is 0.407. The molecule has 0 spiro atoms. The van der Waals surface area contributed by atoms with Crippen molar-refractivity contribution in [2.75, 3.05) is 27.0 Å². The van der Waals surface area contributed by atoms with Crippen molar-refractivity contribution < 1.29 is 23.4 Å². The van der Waals surface area contributed by atoms with Gasteiger partial charge in [-0.05, 0) is 43.9 Å². The molecule has 0 N–H and O–H groups in total. The molecule has 34 heavy (non-hydrogen) atoms. The smallest absolute Gasteiger partial charge is 0.410 e. The first kappa shape index (κ1) is 23.8. The van der Waals surface area contributed by atoms with E-state index in [2.05, 4.69) is 0 Å². The topological polar surface area (TPSA) is 78.2 Å². The SMILES string of the molecule is CCc1c(C2CCN(C(=O)OCc3ccccc3)CC2)oc2c(C)c(OCOC)ccc2c1=O. The van der Waals surface area contributed by atoms with Gasteiger partial charge < -0.3 is 23.5 Å². The predicted molar refractivity (Wildman–Crippen MR) is 129 cm³/mol. The number of carbonyl (C=O) groups excluding carboxylic acids is 1. The van der Waals surface area contributed by atoms with Crippen LogP contribution in [0.25, 0.3) is 11.0 Å². The van der Waals surface area contributed by atoms with Crippen LogP contribution in [0.15, 0.2) is 51.7 Å². The molecule has 1 saturated heterocycles. The maximum atomic E-state index is 13.3. The number of fused-ring (bicyclic) bond motifs is 1. The summed E-state index contributed by atoms with van der Waals surface area (Å²) < 4.78 is 22.5. The van der Waals surface area contributed by atoms with Crippen LogP contribution < -0.4 is 10.2 Å². The van der Waals surface area contributed by atoms with Crippen LogP contribution in [0.4, 0.5) is 4.79 Å². The lowest BCUT2D eigenvalue weighted by atomic mass is 9.90. The number of methoxy groups -OCH3 is 1. The van der Waals surface area contributed by atoms with Crippen LogP contribution in [0.2, 0.25) is 0 Å². The van der Waals surface area contributed by atoms with Gasteiger partial charge in [0.1, 0.15) is 23.7 Å².